The lowest BCUT2D eigenvalue weighted by Crippen LogP contribution is -2.11. The van der Waals surface area contributed by atoms with E-state index in [-0.39, 0.29) is 0 Å². The normalized spacial score (nSPS) is 10.2. The molecule has 0 fully saturated rings. The van der Waals surface area contributed by atoms with Crippen LogP contribution in [0, 0.1) is 6.92 Å². The van der Waals surface area contributed by atoms with Crippen LogP contribution in [0.2, 0.25) is 5.02 Å². The van der Waals surface area contributed by atoms with Crippen LogP contribution in [0.4, 0.5) is 11.5 Å². The highest BCUT2D eigenvalue weighted by Gasteiger charge is 2.05. The molecule has 0 saturated heterocycles. The standard InChI is InChI=1S/C12H12ClN3/c1-9-14-7-6-12(15-9)16(2)11-5-3-4-10(13)8-11/h3-8H,1-2H3. The predicted molar refractivity (Wildman–Crippen MR) is 66.3 cm³/mol. The quantitative estimate of drug-likeness (QED) is 0.798. The zero-order valence-electron chi connectivity index (χ0n) is 9.18. The minimum atomic E-state index is 0.718. The summed E-state index contributed by atoms with van der Waals surface area (Å²) in [6.45, 7) is 1.87. The first-order chi connectivity index (χ1) is 7.66. The van der Waals surface area contributed by atoms with Crippen molar-refractivity contribution >= 4 is 23.1 Å². The van der Waals surface area contributed by atoms with E-state index in [0.717, 1.165) is 22.4 Å². The minimum Gasteiger partial charge on any atom is -0.329 e. The van der Waals surface area contributed by atoms with Crippen molar-refractivity contribution in [2.75, 3.05) is 11.9 Å². The highest BCUT2D eigenvalue weighted by molar-refractivity contribution is 6.30. The zero-order chi connectivity index (χ0) is 11.5. The molecule has 0 aliphatic heterocycles. The average Bonchev–Trinajstić information content (AvgIpc) is 2.28. The van der Waals surface area contributed by atoms with Crippen molar-refractivity contribution in [3.63, 3.8) is 0 Å². The number of aromatic nitrogens is 2. The Balaban J connectivity index is 2.35. The summed E-state index contributed by atoms with van der Waals surface area (Å²) in [7, 11) is 1.95. The van der Waals surface area contributed by atoms with Crippen LogP contribution in [0.1, 0.15) is 5.82 Å². The van der Waals surface area contributed by atoms with Crippen molar-refractivity contribution in [2.24, 2.45) is 0 Å². The molecule has 0 amide bonds. The van der Waals surface area contributed by atoms with Crippen LogP contribution in [-0.2, 0) is 0 Å². The lowest BCUT2D eigenvalue weighted by Gasteiger charge is -2.18. The summed E-state index contributed by atoms with van der Waals surface area (Å²) in [6.07, 6.45) is 1.75. The second-order valence-corrected chi connectivity index (χ2v) is 3.94. The fraction of sp³-hybridized carbons (Fsp3) is 0.167. The van der Waals surface area contributed by atoms with E-state index < -0.39 is 0 Å². The topological polar surface area (TPSA) is 29.0 Å². The van der Waals surface area contributed by atoms with Gasteiger partial charge in [-0.15, -0.1) is 0 Å². The summed E-state index contributed by atoms with van der Waals surface area (Å²) in [5.74, 6) is 1.61. The van der Waals surface area contributed by atoms with Crippen LogP contribution < -0.4 is 4.90 Å². The molecule has 2 aromatic rings. The molecule has 0 atom stereocenters. The molecule has 0 radical (unpaired) electrons. The molecule has 3 nitrogen and oxygen atoms in total. The third kappa shape index (κ3) is 2.31. The second kappa shape index (κ2) is 4.49. The van der Waals surface area contributed by atoms with Gasteiger partial charge in [-0.05, 0) is 31.2 Å². The van der Waals surface area contributed by atoms with Crippen molar-refractivity contribution in [3.05, 3.63) is 47.4 Å². The summed E-state index contributed by atoms with van der Waals surface area (Å²) in [5, 5.41) is 0.718. The van der Waals surface area contributed by atoms with Crippen LogP contribution >= 0.6 is 11.6 Å². The first-order valence-electron chi connectivity index (χ1n) is 4.96. The number of aryl methyl sites for hydroxylation is 1. The van der Waals surface area contributed by atoms with Crippen LogP contribution in [0.3, 0.4) is 0 Å². The van der Waals surface area contributed by atoms with Gasteiger partial charge in [0.2, 0.25) is 0 Å². The Kier molecular flexibility index (Phi) is 3.06. The van der Waals surface area contributed by atoms with Crippen molar-refractivity contribution in [3.8, 4) is 0 Å². The van der Waals surface area contributed by atoms with E-state index in [1.807, 2.05) is 49.2 Å². The van der Waals surface area contributed by atoms with E-state index in [9.17, 15) is 0 Å². The van der Waals surface area contributed by atoms with Gasteiger partial charge in [-0.1, -0.05) is 17.7 Å². The molecule has 1 aromatic carbocycles. The summed E-state index contributed by atoms with van der Waals surface area (Å²) < 4.78 is 0. The molecule has 0 N–H and O–H groups in total. The average molecular weight is 234 g/mol. The number of hydrogen-bond donors (Lipinski definition) is 0. The highest BCUT2D eigenvalue weighted by Crippen LogP contribution is 2.23. The van der Waals surface area contributed by atoms with Gasteiger partial charge >= 0.3 is 0 Å². The van der Waals surface area contributed by atoms with Crippen LogP contribution in [0.5, 0.6) is 0 Å². The zero-order valence-corrected chi connectivity index (χ0v) is 9.94. The third-order valence-electron chi connectivity index (χ3n) is 2.30. The number of nitrogens with zero attached hydrogens (tertiary/aromatic N) is 3. The summed E-state index contributed by atoms with van der Waals surface area (Å²) in [5.41, 5.74) is 1.01. The Labute approximate surface area is 99.7 Å². The Morgan fingerprint density at radius 2 is 2.06 bits per heavy atom. The van der Waals surface area contributed by atoms with E-state index in [1.54, 1.807) is 6.20 Å². The van der Waals surface area contributed by atoms with Gasteiger partial charge in [-0.25, -0.2) is 9.97 Å². The van der Waals surface area contributed by atoms with E-state index >= 15 is 0 Å². The number of hydrogen-bond acceptors (Lipinski definition) is 3. The summed E-state index contributed by atoms with van der Waals surface area (Å²) >= 11 is 5.95. The molecular weight excluding hydrogens is 222 g/mol. The largest absolute Gasteiger partial charge is 0.329 e. The summed E-state index contributed by atoms with van der Waals surface area (Å²) in [4.78, 5) is 10.4. The van der Waals surface area contributed by atoms with Crippen molar-refractivity contribution in [1.29, 1.82) is 0 Å². The molecule has 0 unspecified atom stereocenters. The second-order valence-electron chi connectivity index (χ2n) is 3.50. The van der Waals surface area contributed by atoms with Crippen molar-refractivity contribution in [2.45, 2.75) is 6.92 Å². The van der Waals surface area contributed by atoms with Gasteiger partial charge in [0, 0.05) is 24.0 Å². The van der Waals surface area contributed by atoms with Crippen LogP contribution in [-0.4, -0.2) is 17.0 Å². The smallest absolute Gasteiger partial charge is 0.136 e. The molecule has 0 bridgehead atoms. The molecule has 4 heteroatoms. The minimum absolute atomic E-state index is 0.718. The Bertz CT molecular complexity index is 454. The molecule has 16 heavy (non-hydrogen) atoms. The monoisotopic (exact) mass is 233 g/mol. The van der Waals surface area contributed by atoms with Gasteiger partial charge in [-0.3, -0.25) is 0 Å². The lowest BCUT2D eigenvalue weighted by atomic mass is 10.3. The number of rotatable bonds is 2. The van der Waals surface area contributed by atoms with Gasteiger partial charge in [0.15, 0.2) is 0 Å². The molecule has 0 spiro atoms. The number of benzene rings is 1. The van der Waals surface area contributed by atoms with E-state index in [1.165, 1.54) is 0 Å². The third-order valence-corrected chi connectivity index (χ3v) is 2.54. The molecule has 0 saturated carbocycles. The molecule has 0 aliphatic carbocycles. The van der Waals surface area contributed by atoms with Crippen LogP contribution in [0.25, 0.3) is 0 Å². The maximum atomic E-state index is 5.95. The molecule has 82 valence electrons. The van der Waals surface area contributed by atoms with E-state index in [4.69, 9.17) is 11.6 Å². The molecule has 2 rings (SSSR count). The van der Waals surface area contributed by atoms with Gasteiger partial charge in [-0.2, -0.15) is 0 Å². The Morgan fingerprint density at radius 1 is 1.25 bits per heavy atom. The highest BCUT2D eigenvalue weighted by atomic mass is 35.5. The maximum Gasteiger partial charge on any atom is 0.136 e. The molecule has 1 heterocycles. The molecule has 0 aliphatic rings. The number of halogens is 1. The van der Waals surface area contributed by atoms with Gasteiger partial charge < -0.3 is 4.90 Å². The van der Waals surface area contributed by atoms with E-state index in [0.29, 0.717) is 0 Å². The lowest BCUT2D eigenvalue weighted by molar-refractivity contribution is 1.01. The summed E-state index contributed by atoms with van der Waals surface area (Å²) in [6, 6.07) is 9.53. The fourth-order valence-electron chi connectivity index (χ4n) is 1.45. The Hall–Kier alpha value is -1.61. The number of anilines is 2. The van der Waals surface area contributed by atoms with Gasteiger partial charge in [0.05, 0.1) is 0 Å². The first kappa shape index (κ1) is 10.9. The van der Waals surface area contributed by atoms with Gasteiger partial charge in [0.25, 0.3) is 0 Å². The fourth-order valence-corrected chi connectivity index (χ4v) is 1.63. The van der Waals surface area contributed by atoms with Crippen molar-refractivity contribution < 1.29 is 0 Å². The van der Waals surface area contributed by atoms with Crippen LogP contribution in [0.15, 0.2) is 36.5 Å². The Morgan fingerprint density at radius 3 is 2.75 bits per heavy atom. The molecule has 1 aromatic heterocycles. The van der Waals surface area contributed by atoms with E-state index in [2.05, 4.69) is 9.97 Å². The van der Waals surface area contributed by atoms with Gasteiger partial charge in [0.1, 0.15) is 11.6 Å². The molecular formula is C12H12ClN3. The van der Waals surface area contributed by atoms with Crippen molar-refractivity contribution in [1.82, 2.24) is 9.97 Å². The maximum absolute atomic E-state index is 5.95. The predicted octanol–water partition coefficient (Wildman–Crippen LogP) is 3.21. The first-order valence-corrected chi connectivity index (χ1v) is 5.33. The SMILES string of the molecule is Cc1nccc(N(C)c2cccc(Cl)c2)n1.